The molecule has 0 aromatic heterocycles. The van der Waals surface area contributed by atoms with Crippen LogP contribution in [0.4, 0.5) is 0 Å². The molecule has 1 atom stereocenters. The Hall–Kier alpha value is -2.05. The number of benzene rings is 3. The number of nitrogens with zero attached hydrogens (tertiary/aromatic N) is 2. The Morgan fingerprint density at radius 2 is 1.27 bits per heavy atom. The number of imide groups is 1. The maximum atomic E-state index is 13.8. The van der Waals surface area contributed by atoms with Crippen molar-refractivity contribution in [1.29, 1.82) is 0 Å². The van der Waals surface area contributed by atoms with Crippen LogP contribution in [-0.4, -0.2) is 46.7 Å². The van der Waals surface area contributed by atoms with Gasteiger partial charge in [0.1, 0.15) is 11.8 Å². The summed E-state index contributed by atoms with van der Waals surface area (Å²) >= 11 is 19.5. The fourth-order valence-corrected chi connectivity index (χ4v) is 6.39. The number of hydrogen-bond donors (Lipinski definition) is 0. The fraction of sp³-hybridized carbons (Fsp3) is 0.120. The monoisotopic (exact) mass is 774 g/mol. The summed E-state index contributed by atoms with van der Waals surface area (Å²) in [5.41, 5.74) is 0.498. The fourth-order valence-electron chi connectivity index (χ4n) is 3.81. The van der Waals surface area contributed by atoms with Crippen molar-refractivity contribution in [3.63, 3.8) is 0 Å². The first-order valence-corrected chi connectivity index (χ1v) is 14.1. The highest BCUT2D eigenvalue weighted by Gasteiger charge is 2.48. The van der Waals surface area contributed by atoms with Crippen LogP contribution in [0.5, 0.6) is 5.75 Å². The van der Waals surface area contributed by atoms with Gasteiger partial charge in [0.15, 0.2) is 5.78 Å². The number of amides is 3. The van der Waals surface area contributed by atoms with Gasteiger partial charge in [-0.2, -0.15) is 5.01 Å². The van der Waals surface area contributed by atoms with E-state index in [-0.39, 0.29) is 22.3 Å². The highest BCUT2D eigenvalue weighted by molar-refractivity contribution is 9.15. The van der Waals surface area contributed by atoms with E-state index in [4.69, 9.17) is 16.3 Å². The van der Waals surface area contributed by atoms with Gasteiger partial charge >= 0.3 is 0 Å². The molecule has 3 aromatic rings. The Morgan fingerprint density at radius 3 is 1.73 bits per heavy atom. The first-order valence-electron chi connectivity index (χ1n) is 10.5. The molecule has 3 aromatic carbocycles. The molecule has 0 saturated heterocycles. The molecule has 0 bridgehead atoms. The van der Waals surface area contributed by atoms with Gasteiger partial charge in [-0.05, 0) is 119 Å². The molecule has 0 radical (unpaired) electrons. The van der Waals surface area contributed by atoms with Gasteiger partial charge in [-0.15, -0.1) is 0 Å². The van der Waals surface area contributed by atoms with Crippen molar-refractivity contribution in [2.24, 2.45) is 0 Å². The minimum absolute atomic E-state index is 0.0463. The number of hydrogen-bond acceptors (Lipinski definition) is 5. The molecule has 0 unspecified atom stereocenters. The average molecular weight is 778 g/mol. The van der Waals surface area contributed by atoms with Crippen LogP contribution in [0.25, 0.3) is 0 Å². The van der Waals surface area contributed by atoms with E-state index in [2.05, 4.69) is 63.7 Å². The van der Waals surface area contributed by atoms with E-state index >= 15 is 0 Å². The number of Topliss-reactive ketones (excluding diaryl/α,β-unsaturated/α-hetero) is 1. The second kappa shape index (κ2) is 11.0. The average Bonchev–Trinajstić information content (AvgIpc) is 3.16. The predicted octanol–water partition coefficient (Wildman–Crippen LogP) is 7.32. The van der Waals surface area contributed by atoms with Gasteiger partial charge < -0.3 is 4.74 Å². The van der Waals surface area contributed by atoms with Crippen molar-refractivity contribution in [2.75, 3.05) is 7.11 Å². The zero-order valence-corrected chi connectivity index (χ0v) is 26.1. The van der Waals surface area contributed by atoms with Crippen LogP contribution in [0.2, 0.25) is 5.02 Å². The summed E-state index contributed by atoms with van der Waals surface area (Å²) in [5, 5.41) is 2.00. The first-order chi connectivity index (χ1) is 17.5. The number of fused-ring (bicyclic) bond motifs is 1. The van der Waals surface area contributed by atoms with E-state index in [9.17, 15) is 19.2 Å². The Bertz CT molecular complexity index is 1410. The molecular weight excluding hydrogens is 763 g/mol. The molecule has 0 aliphatic carbocycles. The third-order valence-electron chi connectivity index (χ3n) is 5.72. The molecule has 7 nitrogen and oxygen atoms in total. The third kappa shape index (κ3) is 4.92. The lowest BCUT2D eigenvalue weighted by atomic mass is 10.0. The van der Waals surface area contributed by atoms with Gasteiger partial charge in [0, 0.05) is 34.0 Å². The first kappa shape index (κ1) is 28.0. The Labute approximate surface area is 250 Å². The van der Waals surface area contributed by atoms with Crippen molar-refractivity contribution in [3.8, 4) is 5.75 Å². The molecule has 4 rings (SSSR count). The molecule has 12 heteroatoms. The van der Waals surface area contributed by atoms with Crippen molar-refractivity contribution in [1.82, 2.24) is 10.0 Å². The van der Waals surface area contributed by atoms with Crippen LogP contribution in [-0.2, 0) is 0 Å². The van der Waals surface area contributed by atoms with Gasteiger partial charge in [-0.3, -0.25) is 19.2 Å². The number of methoxy groups -OCH3 is 1. The zero-order chi connectivity index (χ0) is 27.2. The normalized spacial score (nSPS) is 13.4. The van der Waals surface area contributed by atoms with Gasteiger partial charge in [0.05, 0.1) is 18.2 Å². The zero-order valence-electron chi connectivity index (χ0n) is 19.0. The third-order valence-corrected chi connectivity index (χ3v) is 10.7. The number of ether oxygens (including phenoxy) is 1. The molecule has 0 saturated carbocycles. The molecule has 0 spiro atoms. The van der Waals surface area contributed by atoms with Crippen LogP contribution in [0.15, 0.2) is 66.4 Å². The van der Waals surface area contributed by atoms with Crippen molar-refractivity contribution in [3.05, 3.63) is 93.7 Å². The molecule has 37 heavy (non-hydrogen) atoms. The van der Waals surface area contributed by atoms with Crippen molar-refractivity contribution in [2.45, 2.75) is 13.0 Å². The Kier molecular flexibility index (Phi) is 8.30. The standard InChI is InChI=1S/C25H15Br4ClN2O5/c1-11(22(33)12-5-9-15(37-2)10-6-12)31(23(34)13-3-7-14(30)8-4-13)32-24(35)16-17(25(32)36)19(27)21(29)20(28)18(16)26/h3-11H,1-2H3/t11-/m1/s1. The van der Waals surface area contributed by atoms with Gasteiger partial charge in [0.25, 0.3) is 17.7 Å². The SMILES string of the molecule is COc1ccc(C(=O)[C@@H](C)N(C(=O)c2ccc(Cl)cc2)N2C(=O)c3c(Br)c(Br)c(Br)c(Br)c3C2=O)cc1. The molecular formula is C25H15Br4ClN2O5. The summed E-state index contributed by atoms with van der Waals surface area (Å²) in [6.07, 6.45) is 0. The number of hydrazine groups is 1. The second-order valence-electron chi connectivity index (χ2n) is 7.85. The minimum Gasteiger partial charge on any atom is -0.497 e. The molecule has 0 N–H and O–H groups in total. The van der Waals surface area contributed by atoms with Crippen molar-refractivity contribution < 1.29 is 23.9 Å². The molecule has 1 aliphatic rings. The van der Waals surface area contributed by atoms with E-state index in [1.807, 2.05) is 0 Å². The quantitative estimate of drug-likeness (QED) is 0.113. The Balaban J connectivity index is 1.85. The Morgan fingerprint density at radius 1 is 0.811 bits per heavy atom. The lowest BCUT2D eigenvalue weighted by Crippen LogP contribution is -2.56. The number of halogens is 5. The maximum Gasteiger partial charge on any atom is 0.282 e. The summed E-state index contributed by atoms with van der Waals surface area (Å²) in [4.78, 5) is 54.7. The summed E-state index contributed by atoms with van der Waals surface area (Å²) < 4.78 is 6.80. The summed E-state index contributed by atoms with van der Waals surface area (Å²) in [5.74, 6) is -2.20. The number of ketones is 1. The summed E-state index contributed by atoms with van der Waals surface area (Å²) in [6, 6.07) is 11.0. The van der Waals surface area contributed by atoms with Crippen molar-refractivity contribution >= 4 is 98.8 Å². The van der Waals surface area contributed by atoms with E-state index in [0.717, 1.165) is 5.01 Å². The smallest absolute Gasteiger partial charge is 0.282 e. The molecule has 1 heterocycles. The van der Waals surface area contributed by atoms with E-state index < -0.39 is 29.5 Å². The number of carbonyl (C=O) groups is 4. The van der Waals surface area contributed by atoms with Crippen LogP contribution in [0.3, 0.4) is 0 Å². The van der Waals surface area contributed by atoms with E-state index in [1.54, 1.807) is 24.3 Å². The van der Waals surface area contributed by atoms with Gasteiger partial charge in [-0.25, -0.2) is 5.01 Å². The van der Waals surface area contributed by atoms with Gasteiger partial charge in [-0.1, -0.05) is 11.6 Å². The predicted molar refractivity (Wildman–Crippen MR) is 152 cm³/mol. The largest absolute Gasteiger partial charge is 0.497 e. The van der Waals surface area contributed by atoms with Crippen LogP contribution < -0.4 is 4.74 Å². The number of carbonyl (C=O) groups excluding carboxylic acids is 4. The molecule has 3 amide bonds. The highest BCUT2D eigenvalue weighted by atomic mass is 79.9. The summed E-state index contributed by atoms with van der Waals surface area (Å²) in [6.45, 7) is 1.46. The van der Waals surface area contributed by atoms with E-state index in [0.29, 0.717) is 33.7 Å². The van der Waals surface area contributed by atoms with Crippen LogP contribution >= 0.6 is 75.3 Å². The summed E-state index contributed by atoms with van der Waals surface area (Å²) in [7, 11) is 1.50. The van der Waals surface area contributed by atoms with Crippen LogP contribution in [0.1, 0.15) is 48.4 Å². The maximum absolute atomic E-state index is 13.8. The van der Waals surface area contributed by atoms with Crippen LogP contribution in [0, 0.1) is 0 Å². The molecule has 0 fully saturated rings. The molecule has 1 aliphatic heterocycles. The number of rotatable bonds is 6. The molecule has 190 valence electrons. The van der Waals surface area contributed by atoms with Gasteiger partial charge in [0.2, 0.25) is 0 Å². The minimum atomic E-state index is -1.23. The highest BCUT2D eigenvalue weighted by Crippen LogP contribution is 2.46. The topological polar surface area (TPSA) is 84.0 Å². The second-order valence-corrected chi connectivity index (χ2v) is 11.5. The van der Waals surface area contributed by atoms with E-state index in [1.165, 1.54) is 38.3 Å². The lowest BCUT2D eigenvalue weighted by molar-refractivity contribution is -0.00685. The lowest BCUT2D eigenvalue weighted by Gasteiger charge is -2.34.